The first-order valence-electron chi connectivity index (χ1n) is 9.85. The van der Waals surface area contributed by atoms with E-state index in [2.05, 4.69) is 36.3 Å². The van der Waals surface area contributed by atoms with Crippen LogP contribution in [-0.4, -0.2) is 32.6 Å². The average Bonchev–Trinajstić information content (AvgIpc) is 3.40. The first-order chi connectivity index (χ1) is 13.3. The van der Waals surface area contributed by atoms with Crippen molar-refractivity contribution in [2.45, 2.75) is 65.0 Å². The molecule has 2 aromatic heterocycles. The number of carbonyl (C=O) groups is 2. The van der Waals surface area contributed by atoms with Crippen LogP contribution in [0.15, 0.2) is 27.2 Å². The Labute approximate surface area is 163 Å². The van der Waals surface area contributed by atoms with Gasteiger partial charge in [0.15, 0.2) is 5.76 Å². The van der Waals surface area contributed by atoms with E-state index in [9.17, 15) is 9.59 Å². The van der Waals surface area contributed by atoms with Crippen LogP contribution >= 0.6 is 0 Å². The second kappa shape index (κ2) is 6.76. The Bertz CT molecular complexity index is 863. The van der Waals surface area contributed by atoms with Gasteiger partial charge < -0.3 is 14.2 Å². The zero-order chi connectivity index (χ0) is 19.9. The number of urea groups is 1. The van der Waals surface area contributed by atoms with Crippen molar-refractivity contribution < 1.29 is 18.4 Å². The molecule has 0 atom stereocenters. The van der Waals surface area contributed by atoms with E-state index < -0.39 is 11.6 Å². The second-order valence-corrected chi connectivity index (χ2v) is 8.50. The monoisotopic (exact) mass is 386 g/mol. The molecule has 1 N–H and O–H groups in total. The fourth-order valence-corrected chi connectivity index (χ4v) is 4.29. The molecule has 0 bridgehead atoms. The molecule has 1 aliphatic carbocycles. The summed E-state index contributed by atoms with van der Waals surface area (Å²) in [5.41, 5.74) is -0.541. The predicted octanol–water partition coefficient (Wildman–Crippen LogP) is 3.75. The topological polar surface area (TPSA) is 101 Å². The number of hydrogen-bond acceptors (Lipinski definition) is 6. The molecule has 2 aliphatic rings. The van der Waals surface area contributed by atoms with Gasteiger partial charge in [0.1, 0.15) is 12.1 Å². The maximum absolute atomic E-state index is 13.1. The van der Waals surface area contributed by atoms with Crippen LogP contribution in [0.1, 0.15) is 58.8 Å². The summed E-state index contributed by atoms with van der Waals surface area (Å²) >= 11 is 0. The van der Waals surface area contributed by atoms with Gasteiger partial charge in [-0.15, -0.1) is 10.2 Å². The van der Waals surface area contributed by atoms with Crippen LogP contribution in [0.25, 0.3) is 11.7 Å². The minimum Gasteiger partial charge on any atom is -0.459 e. The van der Waals surface area contributed by atoms with Crippen molar-refractivity contribution in [3.63, 3.8) is 0 Å². The number of rotatable bonds is 5. The number of amides is 3. The van der Waals surface area contributed by atoms with Crippen LogP contribution in [0.4, 0.5) is 4.79 Å². The van der Waals surface area contributed by atoms with Crippen molar-refractivity contribution in [3.05, 3.63) is 24.3 Å². The lowest BCUT2D eigenvalue weighted by Gasteiger charge is -2.42. The van der Waals surface area contributed by atoms with E-state index >= 15 is 0 Å². The standard InChI is InChI=1S/C20H26N4O4/c1-4-19(2,3)13-7-9-20(10-8-13)17(25)24(18(26)21-20)12-15-22-23-16(28-15)14-6-5-11-27-14/h5-6,11,13H,4,7-10,12H2,1-3H3,(H,21,26). The molecule has 4 rings (SSSR count). The number of imide groups is 1. The number of furan rings is 1. The number of hydrogen-bond donors (Lipinski definition) is 1. The van der Waals surface area contributed by atoms with E-state index in [1.165, 1.54) is 11.2 Å². The molecule has 2 fully saturated rings. The van der Waals surface area contributed by atoms with Crippen molar-refractivity contribution >= 4 is 11.9 Å². The lowest BCUT2D eigenvalue weighted by Crippen LogP contribution is -2.50. The summed E-state index contributed by atoms with van der Waals surface area (Å²) in [6.45, 7) is 6.73. The fourth-order valence-electron chi connectivity index (χ4n) is 4.29. The lowest BCUT2D eigenvalue weighted by atomic mass is 9.65. The third-order valence-electron chi connectivity index (χ3n) is 6.59. The lowest BCUT2D eigenvalue weighted by molar-refractivity contribution is -0.133. The Morgan fingerprint density at radius 3 is 2.68 bits per heavy atom. The SMILES string of the molecule is CCC(C)(C)C1CCC2(CC1)NC(=O)N(Cc1nnc(-c3ccco3)o1)C2=O. The summed E-state index contributed by atoms with van der Waals surface area (Å²) in [5, 5.41) is 10.8. The van der Waals surface area contributed by atoms with E-state index in [-0.39, 0.29) is 29.6 Å². The van der Waals surface area contributed by atoms with E-state index in [1.54, 1.807) is 12.1 Å². The zero-order valence-corrected chi connectivity index (χ0v) is 16.5. The van der Waals surface area contributed by atoms with Gasteiger partial charge in [0.25, 0.3) is 11.8 Å². The molecule has 1 spiro atoms. The van der Waals surface area contributed by atoms with Gasteiger partial charge in [-0.1, -0.05) is 27.2 Å². The molecule has 2 aromatic rings. The quantitative estimate of drug-likeness (QED) is 0.785. The van der Waals surface area contributed by atoms with Gasteiger partial charge in [0, 0.05) is 0 Å². The summed E-state index contributed by atoms with van der Waals surface area (Å²) < 4.78 is 10.8. The highest BCUT2D eigenvalue weighted by atomic mass is 16.4. The summed E-state index contributed by atoms with van der Waals surface area (Å²) in [6, 6.07) is 3.03. The normalized spacial score (nSPS) is 25.5. The summed E-state index contributed by atoms with van der Waals surface area (Å²) in [5.74, 6) is 1.25. The molecule has 1 saturated carbocycles. The number of nitrogens with one attached hydrogen (secondary N) is 1. The van der Waals surface area contributed by atoms with Gasteiger partial charge in [-0.25, -0.2) is 4.79 Å². The van der Waals surface area contributed by atoms with Crippen LogP contribution in [0.5, 0.6) is 0 Å². The molecule has 0 radical (unpaired) electrons. The van der Waals surface area contributed by atoms with Crippen LogP contribution in [0.2, 0.25) is 0 Å². The molecule has 3 heterocycles. The number of carbonyl (C=O) groups excluding carboxylic acids is 2. The minimum absolute atomic E-state index is 0.0377. The fraction of sp³-hybridized carbons (Fsp3) is 0.600. The molecule has 28 heavy (non-hydrogen) atoms. The van der Waals surface area contributed by atoms with Crippen LogP contribution < -0.4 is 5.32 Å². The first kappa shape index (κ1) is 18.7. The molecule has 8 nitrogen and oxygen atoms in total. The predicted molar refractivity (Wildman–Crippen MR) is 99.8 cm³/mol. The largest absolute Gasteiger partial charge is 0.459 e. The van der Waals surface area contributed by atoms with E-state index in [1.807, 2.05) is 0 Å². The highest BCUT2D eigenvalue weighted by Gasteiger charge is 2.53. The van der Waals surface area contributed by atoms with Crippen molar-refractivity contribution in [1.29, 1.82) is 0 Å². The molecule has 0 aromatic carbocycles. The molecule has 0 unspecified atom stereocenters. The van der Waals surface area contributed by atoms with Crippen LogP contribution in [0, 0.1) is 11.3 Å². The molecular formula is C20H26N4O4. The smallest absolute Gasteiger partial charge is 0.325 e. The van der Waals surface area contributed by atoms with E-state index in [0.29, 0.717) is 24.5 Å². The molecule has 1 saturated heterocycles. The maximum atomic E-state index is 13.1. The van der Waals surface area contributed by atoms with E-state index in [4.69, 9.17) is 8.83 Å². The Balaban J connectivity index is 1.45. The summed E-state index contributed by atoms with van der Waals surface area (Å²) in [7, 11) is 0. The van der Waals surface area contributed by atoms with Crippen LogP contribution in [0.3, 0.4) is 0 Å². The maximum Gasteiger partial charge on any atom is 0.325 e. The van der Waals surface area contributed by atoms with Gasteiger partial charge in [0.05, 0.1) is 6.26 Å². The molecule has 1 aliphatic heterocycles. The number of nitrogens with zero attached hydrogens (tertiary/aromatic N) is 3. The van der Waals surface area contributed by atoms with Gasteiger partial charge in [-0.2, -0.15) is 0 Å². The number of aromatic nitrogens is 2. The minimum atomic E-state index is -0.790. The second-order valence-electron chi connectivity index (χ2n) is 8.50. The molecule has 8 heteroatoms. The highest BCUT2D eigenvalue weighted by molar-refractivity contribution is 6.07. The molecule has 150 valence electrons. The van der Waals surface area contributed by atoms with Crippen molar-refractivity contribution in [2.24, 2.45) is 11.3 Å². The van der Waals surface area contributed by atoms with Crippen molar-refractivity contribution in [2.75, 3.05) is 0 Å². The summed E-state index contributed by atoms with van der Waals surface area (Å²) in [4.78, 5) is 26.8. The Kier molecular flexibility index (Phi) is 4.51. The Morgan fingerprint density at radius 1 is 1.29 bits per heavy atom. The molecular weight excluding hydrogens is 360 g/mol. The van der Waals surface area contributed by atoms with Gasteiger partial charge in [-0.05, 0) is 49.1 Å². The van der Waals surface area contributed by atoms with Gasteiger partial charge >= 0.3 is 6.03 Å². The first-order valence-corrected chi connectivity index (χ1v) is 9.85. The summed E-state index contributed by atoms with van der Waals surface area (Å²) in [6.07, 6.45) is 5.82. The molecule has 3 amide bonds. The third-order valence-corrected chi connectivity index (χ3v) is 6.59. The van der Waals surface area contributed by atoms with Gasteiger partial charge in [-0.3, -0.25) is 9.69 Å². The van der Waals surface area contributed by atoms with Crippen LogP contribution in [-0.2, 0) is 11.3 Å². The average molecular weight is 386 g/mol. The van der Waals surface area contributed by atoms with E-state index in [0.717, 1.165) is 19.3 Å². The van der Waals surface area contributed by atoms with Crippen molar-refractivity contribution in [3.8, 4) is 11.7 Å². The highest BCUT2D eigenvalue weighted by Crippen LogP contribution is 2.45. The van der Waals surface area contributed by atoms with Gasteiger partial charge in [0.2, 0.25) is 5.89 Å². The Hall–Kier alpha value is -2.64. The van der Waals surface area contributed by atoms with Crippen molar-refractivity contribution in [1.82, 2.24) is 20.4 Å². The third kappa shape index (κ3) is 3.10. The zero-order valence-electron chi connectivity index (χ0n) is 16.5. The Morgan fingerprint density at radius 2 is 2.04 bits per heavy atom.